The summed E-state index contributed by atoms with van der Waals surface area (Å²) in [6.07, 6.45) is 3.93. The smallest absolute Gasteiger partial charge is 0.254 e. The van der Waals surface area contributed by atoms with Gasteiger partial charge in [-0.3, -0.25) is 4.79 Å². The molecule has 4 rings (SSSR count). The van der Waals surface area contributed by atoms with E-state index >= 15 is 0 Å². The van der Waals surface area contributed by atoms with Crippen LogP contribution in [0.1, 0.15) is 53.2 Å². The first-order valence-electron chi connectivity index (χ1n) is 11.6. The first-order valence-corrected chi connectivity index (χ1v) is 13.0. The van der Waals surface area contributed by atoms with E-state index in [4.69, 9.17) is 9.47 Å². The lowest BCUT2D eigenvalue weighted by Crippen LogP contribution is -2.40. The molecule has 0 N–H and O–H groups in total. The highest BCUT2D eigenvalue weighted by Crippen LogP contribution is 2.33. The minimum absolute atomic E-state index is 0.0511. The topological polar surface area (TPSA) is 76.2 Å². The largest absolute Gasteiger partial charge is 0.497 e. The van der Waals surface area contributed by atoms with Gasteiger partial charge in [-0.2, -0.15) is 4.31 Å². The van der Waals surface area contributed by atoms with Gasteiger partial charge in [-0.05, 0) is 55.2 Å². The zero-order chi connectivity index (χ0) is 23.4. The van der Waals surface area contributed by atoms with Crippen LogP contribution in [-0.4, -0.2) is 63.5 Å². The van der Waals surface area contributed by atoms with Crippen molar-refractivity contribution in [2.45, 2.75) is 43.5 Å². The van der Waals surface area contributed by atoms with Crippen LogP contribution in [0.25, 0.3) is 0 Å². The number of carbonyl (C=O) groups is 1. The summed E-state index contributed by atoms with van der Waals surface area (Å²) in [6, 6.07) is 12.7. The van der Waals surface area contributed by atoms with Gasteiger partial charge in [0.05, 0.1) is 31.3 Å². The molecule has 0 aliphatic carbocycles. The van der Waals surface area contributed by atoms with E-state index in [0.717, 1.165) is 42.6 Å². The summed E-state index contributed by atoms with van der Waals surface area (Å²) in [7, 11) is -2.04. The molecule has 2 aliphatic rings. The van der Waals surface area contributed by atoms with Crippen molar-refractivity contribution in [2.75, 3.05) is 40.0 Å². The van der Waals surface area contributed by atoms with Crippen LogP contribution < -0.4 is 4.74 Å². The maximum Gasteiger partial charge on any atom is 0.254 e. The van der Waals surface area contributed by atoms with Gasteiger partial charge in [0.2, 0.25) is 10.0 Å². The lowest BCUT2D eigenvalue weighted by atomic mass is 9.99. The SMILES string of the molecule is COc1ccc([C@@H]2CCCCCN2C(=O)c2cc(S(=O)(=O)N3CCOCC3)ccc2C)cc1. The average Bonchev–Trinajstić information content (AvgIpc) is 3.10. The Balaban J connectivity index is 1.66. The fourth-order valence-corrected chi connectivity index (χ4v) is 6.04. The molecule has 8 heteroatoms. The van der Waals surface area contributed by atoms with E-state index in [1.807, 2.05) is 36.1 Å². The third-order valence-electron chi connectivity index (χ3n) is 6.56. The maximum atomic E-state index is 13.8. The number of carbonyl (C=O) groups excluding carboxylic acids is 1. The van der Waals surface area contributed by atoms with Crippen LogP contribution in [0.2, 0.25) is 0 Å². The molecule has 2 aliphatic heterocycles. The monoisotopic (exact) mass is 472 g/mol. The van der Waals surface area contributed by atoms with Gasteiger partial charge in [0, 0.05) is 25.2 Å². The normalized spacial score (nSPS) is 20.3. The van der Waals surface area contributed by atoms with Crippen LogP contribution in [-0.2, 0) is 14.8 Å². The number of amides is 1. The number of likely N-dealkylation sites (tertiary alicyclic amines) is 1. The van der Waals surface area contributed by atoms with E-state index < -0.39 is 10.0 Å². The molecule has 7 nitrogen and oxygen atoms in total. The zero-order valence-electron chi connectivity index (χ0n) is 19.3. The number of benzene rings is 2. The van der Waals surface area contributed by atoms with E-state index in [1.54, 1.807) is 25.3 Å². The van der Waals surface area contributed by atoms with Crippen LogP contribution in [0.5, 0.6) is 5.75 Å². The highest BCUT2D eigenvalue weighted by atomic mass is 32.2. The molecule has 2 heterocycles. The summed E-state index contributed by atoms with van der Waals surface area (Å²) in [5.74, 6) is 0.663. The van der Waals surface area contributed by atoms with E-state index in [9.17, 15) is 13.2 Å². The first kappa shape index (κ1) is 23.7. The molecule has 1 atom stereocenters. The van der Waals surface area contributed by atoms with Crippen LogP contribution in [0.3, 0.4) is 0 Å². The lowest BCUT2D eigenvalue weighted by molar-refractivity contribution is 0.0679. The number of hydrogen-bond acceptors (Lipinski definition) is 5. The van der Waals surface area contributed by atoms with Crippen LogP contribution in [0.4, 0.5) is 0 Å². The molecule has 2 saturated heterocycles. The Bertz CT molecular complexity index is 1080. The third kappa shape index (κ3) is 5.08. The van der Waals surface area contributed by atoms with Crippen molar-refractivity contribution in [3.63, 3.8) is 0 Å². The molecule has 0 radical (unpaired) electrons. The van der Waals surface area contributed by atoms with Gasteiger partial charge in [0.25, 0.3) is 5.91 Å². The molecule has 0 spiro atoms. The zero-order valence-corrected chi connectivity index (χ0v) is 20.1. The van der Waals surface area contributed by atoms with E-state index in [-0.39, 0.29) is 16.8 Å². The first-order chi connectivity index (χ1) is 15.9. The summed E-state index contributed by atoms with van der Waals surface area (Å²) in [6.45, 7) is 3.92. The number of sulfonamides is 1. The summed E-state index contributed by atoms with van der Waals surface area (Å²) >= 11 is 0. The minimum Gasteiger partial charge on any atom is -0.497 e. The van der Waals surface area contributed by atoms with E-state index in [1.165, 1.54) is 4.31 Å². The Kier molecular flexibility index (Phi) is 7.36. The highest BCUT2D eigenvalue weighted by molar-refractivity contribution is 7.89. The summed E-state index contributed by atoms with van der Waals surface area (Å²) in [5.41, 5.74) is 2.30. The minimum atomic E-state index is -3.68. The molecule has 2 aromatic rings. The number of ether oxygens (including phenoxy) is 2. The number of methoxy groups -OCH3 is 1. The van der Waals surface area contributed by atoms with Crippen molar-refractivity contribution in [3.8, 4) is 5.75 Å². The van der Waals surface area contributed by atoms with Crippen LogP contribution in [0.15, 0.2) is 47.4 Å². The maximum absolute atomic E-state index is 13.8. The Labute approximate surface area is 196 Å². The second-order valence-electron chi connectivity index (χ2n) is 8.63. The van der Waals surface area contributed by atoms with Crippen molar-refractivity contribution in [1.82, 2.24) is 9.21 Å². The van der Waals surface area contributed by atoms with Crippen molar-refractivity contribution in [1.29, 1.82) is 0 Å². The standard InChI is InChI=1S/C25H32N2O5S/c1-19-7-12-22(33(29,30)26-14-16-32-17-15-26)18-23(19)25(28)27-13-5-3-4-6-24(27)20-8-10-21(31-2)11-9-20/h7-12,18,24H,3-6,13-17H2,1-2H3/t24-/m0/s1. The predicted octanol–water partition coefficient (Wildman–Crippen LogP) is 3.78. The van der Waals surface area contributed by atoms with E-state index in [0.29, 0.717) is 38.4 Å². The van der Waals surface area contributed by atoms with Gasteiger partial charge in [-0.1, -0.05) is 31.0 Å². The molecule has 0 unspecified atom stereocenters. The summed E-state index contributed by atoms with van der Waals surface area (Å²) in [4.78, 5) is 15.9. The predicted molar refractivity (Wildman–Crippen MR) is 126 cm³/mol. The Morgan fingerprint density at radius 1 is 1.00 bits per heavy atom. The van der Waals surface area contributed by atoms with Gasteiger partial charge < -0.3 is 14.4 Å². The Hall–Kier alpha value is -2.42. The number of nitrogens with zero attached hydrogens (tertiary/aromatic N) is 2. The van der Waals surface area contributed by atoms with Crippen molar-refractivity contribution < 1.29 is 22.7 Å². The number of morpholine rings is 1. The summed E-state index contributed by atoms with van der Waals surface area (Å²) < 4.78 is 38.4. The second-order valence-corrected chi connectivity index (χ2v) is 10.6. The molecule has 1 amide bonds. The molecule has 0 bridgehead atoms. The molecule has 178 valence electrons. The number of aryl methyl sites for hydroxylation is 1. The average molecular weight is 473 g/mol. The quantitative estimate of drug-likeness (QED) is 0.662. The van der Waals surface area contributed by atoms with Gasteiger partial charge in [0.15, 0.2) is 0 Å². The molecular formula is C25H32N2O5S. The van der Waals surface area contributed by atoms with Crippen molar-refractivity contribution in [2.24, 2.45) is 0 Å². The van der Waals surface area contributed by atoms with E-state index in [2.05, 4.69) is 0 Å². The fourth-order valence-electron chi connectivity index (χ4n) is 4.61. The van der Waals surface area contributed by atoms with Crippen molar-refractivity contribution >= 4 is 15.9 Å². The van der Waals surface area contributed by atoms with Crippen LogP contribution in [0, 0.1) is 6.92 Å². The third-order valence-corrected chi connectivity index (χ3v) is 8.46. The molecule has 0 aromatic heterocycles. The molecule has 2 aromatic carbocycles. The van der Waals surface area contributed by atoms with Gasteiger partial charge in [-0.25, -0.2) is 8.42 Å². The van der Waals surface area contributed by atoms with Gasteiger partial charge in [0.1, 0.15) is 5.75 Å². The summed E-state index contributed by atoms with van der Waals surface area (Å²) in [5, 5.41) is 0. The van der Waals surface area contributed by atoms with Gasteiger partial charge >= 0.3 is 0 Å². The second kappa shape index (κ2) is 10.2. The number of rotatable bonds is 5. The Morgan fingerprint density at radius 3 is 2.42 bits per heavy atom. The molecule has 2 fully saturated rings. The number of hydrogen-bond donors (Lipinski definition) is 0. The van der Waals surface area contributed by atoms with Gasteiger partial charge in [-0.15, -0.1) is 0 Å². The molecule has 33 heavy (non-hydrogen) atoms. The molecular weight excluding hydrogens is 440 g/mol. The molecule has 0 saturated carbocycles. The Morgan fingerprint density at radius 2 is 1.73 bits per heavy atom. The van der Waals surface area contributed by atoms with Crippen LogP contribution >= 0.6 is 0 Å². The highest BCUT2D eigenvalue weighted by Gasteiger charge is 2.31. The van der Waals surface area contributed by atoms with Crippen molar-refractivity contribution in [3.05, 3.63) is 59.2 Å². The lowest BCUT2D eigenvalue weighted by Gasteiger charge is -2.31. The fraction of sp³-hybridized carbons (Fsp3) is 0.480.